The van der Waals surface area contributed by atoms with Crippen molar-refractivity contribution in [2.24, 2.45) is 5.10 Å². The SMILES string of the molecule is COc1cc(OC)c(N2CNC=N2)cc1C(C)C. The molecule has 18 heavy (non-hydrogen) atoms. The fraction of sp³-hybridized carbons (Fsp3) is 0.462. The molecule has 5 heteroatoms. The maximum absolute atomic E-state index is 5.41. The zero-order valence-electron chi connectivity index (χ0n) is 11.2. The van der Waals surface area contributed by atoms with Crippen LogP contribution in [0.1, 0.15) is 25.3 Å². The quantitative estimate of drug-likeness (QED) is 0.888. The predicted octanol–water partition coefficient (Wildman–Crippen LogP) is 2.14. The van der Waals surface area contributed by atoms with Gasteiger partial charge < -0.3 is 14.8 Å². The Balaban J connectivity index is 2.49. The fourth-order valence-electron chi connectivity index (χ4n) is 1.99. The van der Waals surface area contributed by atoms with Crippen LogP contribution in [-0.2, 0) is 0 Å². The van der Waals surface area contributed by atoms with E-state index in [1.165, 1.54) is 0 Å². The summed E-state index contributed by atoms with van der Waals surface area (Å²) in [6.45, 7) is 4.93. The molecule has 1 aromatic carbocycles. The third-order valence-electron chi connectivity index (χ3n) is 2.96. The number of benzene rings is 1. The van der Waals surface area contributed by atoms with Crippen LogP contribution in [0.5, 0.6) is 11.5 Å². The second-order valence-electron chi connectivity index (χ2n) is 4.43. The van der Waals surface area contributed by atoms with Crippen molar-refractivity contribution >= 4 is 12.0 Å². The number of ether oxygens (including phenoxy) is 2. The van der Waals surface area contributed by atoms with Gasteiger partial charge in [0.25, 0.3) is 0 Å². The van der Waals surface area contributed by atoms with Gasteiger partial charge in [0.1, 0.15) is 30.2 Å². The van der Waals surface area contributed by atoms with Gasteiger partial charge in [-0.15, -0.1) is 0 Å². The molecule has 0 bridgehead atoms. The van der Waals surface area contributed by atoms with Crippen LogP contribution in [0.25, 0.3) is 0 Å². The monoisotopic (exact) mass is 249 g/mol. The molecule has 0 saturated heterocycles. The molecule has 0 aliphatic carbocycles. The van der Waals surface area contributed by atoms with E-state index in [1.54, 1.807) is 20.6 Å². The minimum Gasteiger partial charge on any atom is -0.496 e. The van der Waals surface area contributed by atoms with Gasteiger partial charge in [0.15, 0.2) is 0 Å². The normalized spacial score (nSPS) is 13.9. The highest BCUT2D eigenvalue weighted by molar-refractivity contribution is 5.69. The van der Waals surface area contributed by atoms with Crippen LogP contribution in [-0.4, -0.2) is 27.2 Å². The second-order valence-corrected chi connectivity index (χ2v) is 4.43. The van der Waals surface area contributed by atoms with Gasteiger partial charge >= 0.3 is 0 Å². The summed E-state index contributed by atoms with van der Waals surface area (Å²) in [6, 6.07) is 3.99. The molecule has 1 N–H and O–H groups in total. The lowest BCUT2D eigenvalue weighted by atomic mass is 10.0. The smallest absolute Gasteiger partial charge is 0.147 e. The van der Waals surface area contributed by atoms with E-state index in [1.807, 2.05) is 11.1 Å². The largest absolute Gasteiger partial charge is 0.496 e. The molecule has 5 nitrogen and oxygen atoms in total. The third-order valence-corrected chi connectivity index (χ3v) is 2.96. The predicted molar refractivity (Wildman–Crippen MR) is 72.6 cm³/mol. The van der Waals surface area contributed by atoms with E-state index in [9.17, 15) is 0 Å². The van der Waals surface area contributed by atoms with Crippen LogP contribution < -0.4 is 19.8 Å². The molecule has 0 radical (unpaired) electrons. The number of hydrogen-bond acceptors (Lipinski definition) is 5. The molecule has 0 fully saturated rings. The Hall–Kier alpha value is -1.91. The minimum atomic E-state index is 0.379. The standard InChI is InChI=1S/C13H19N3O2/c1-9(2)10-5-11(16-8-14-7-15-16)13(18-4)6-12(10)17-3/h5-7,9H,8H2,1-4H3,(H,14,15). The zero-order valence-corrected chi connectivity index (χ0v) is 11.2. The number of nitrogens with one attached hydrogen (secondary N) is 1. The van der Waals surface area contributed by atoms with Crippen molar-refractivity contribution in [2.45, 2.75) is 19.8 Å². The fourth-order valence-corrected chi connectivity index (χ4v) is 1.99. The number of anilines is 1. The Morgan fingerprint density at radius 2 is 1.94 bits per heavy atom. The minimum absolute atomic E-state index is 0.379. The molecule has 0 amide bonds. The number of rotatable bonds is 4. The maximum atomic E-state index is 5.41. The van der Waals surface area contributed by atoms with Crippen molar-refractivity contribution in [2.75, 3.05) is 25.9 Å². The molecule has 1 aromatic rings. The third kappa shape index (κ3) is 2.20. The maximum Gasteiger partial charge on any atom is 0.147 e. The summed E-state index contributed by atoms with van der Waals surface area (Å²) in [4.78, 5) is 0. The molecule has 0 unspecified atom stereocenters. The molecule has 1 aliphatic rings. The number of hydrogen-bond donors (Lipinski definition) is 1. The van der Waals surface area contributed by atoms with Gasteiger partial charge in [0.2, 0.25) is 0 Å². The lowest BCUT2D eigenvalue weighted by Crippen LogP contribution is -2.21. The van der Waals surface area contributed by atoms with Gasteiger partial charge in [-0.05, 0) is 17.5 Å². The molecular formula is C13H19N3O2. The van der Waals surface area contributed by atoms with E-state index in [-0.39, 0.29) is 0 Å². The van der Waals surface area contributed by atoms with Crippen molar-refractivity contribution in [1.29, 1.82) is 0 Å². The summed E-state index contributed by atoms with van der Waals surface area (Å²) in [5, 5.41) is 9.16. The number of methoxy groups -OCH3 is 2. The van der Waals surface area contributed by atoms with Gasteiger partial charge in [-0.1, -0.05) is 13.8 Å². The second kappa shape index (κ2) is 5.16. The summed E-state index contributed by atoms with van der Waals surface area (Å²) in [6.07, 6.45) is 1.68. The zero-order chi connectivity index (χ0) is 13.1. The Kier molecular flexibility index (Phi) is 3.60. The first kappa shape index (κ1) is 12.5. The molecule has 1 aliphatic heterocycles. The van der Waals surface area contributed by atoms with E-state index >= 15 is 0 Å². The van der Waals surface area contributed by atoms with Gasteiger partial charge in [-0.25, -0.2) is 5.01 Å². The van der Waals surface area contributed by atoms with E-state index in [0.29, 0.717) is 12.6 Å². The highest BCUT2D eigenvalue weighted by Crippen LogP contribution is 2.38. The summed E-state index contributed by atoms with van der Waals surface area (Å²) >= 11 is 0. The van der Waals surface area contributed by atoms with E-state index in [0.717, 1.165) is 22.7 Å². The summed E-state index contributed by atoms with van der Waals surface area (Å²) in [5.74, 6) is 1.99. The molecule has 1 heterocycles. The van der Waals surface area contributed by atoms with Crippen LogP contribution in [0.4, 0.5) is 5.69 Å². The van der Waals surface area contributed by atoms with Crippen LogP contribution in [0.3, 0.4) is 0 Å². The first-order chi connectivity index (χ1) is 8.67. The molecule has 2 rings (SSSR count). The molecule has 0 spiro atoms. The highest BCUT2D eigenvalue weighted by atomic mass is 16.5. The average Bonchev–Trinajstić information content (AvgIpc) is 2.90. The average molecular weight is 249 g/mol. The molecular weight excluding hydrogens is 230 g/mol. The molecule has 98 valence electrons. The van der Waals surface area contributed by atoms with Gasteiger partial charge in [0, 0.05) is 6.07 Å². The van der Waals surface area contributed by atoms with Crippen LogP contribution in [0, 0.1) is 0 Å². The summed E-state index contributed by atoms with van der Waals surface area (Å²) in [5.41, 5.74) is 2.10. The number of nitrogens with zero attached hydrogens (tertiary/aromatic N) is 2. The van der Waals surface area contributed by atoms with Crippen molar-refractivity contribution in [3.63, 3.8) is 0 Å². The number of hydrazone groups is 1. The lowest BCUT2D eigenvalue weighted by molar-refractivity contribution is 0.389. The molecule has 0 saturated carbocycles. The van der Waals surface area contributed by atoms with Crippen molar-refractivity contribution in [1.82, 2.24) is 5.32 Å². The molecule has 0 aromatic heterocycles. The van der Waals surface area contributed by atoms with Crippen molar-refractivity contribution in [3.8, 4) is 11.5 Å². The van der Waals surface area contributed by atoms with Crippen LogP contribution in [0.2, 0.25) is 0 Å². The Morgan fingerprint density at radius 3 is 2.44 bits per heavy atom. The van der Waals surface area contributed by atoms with Gasteiger partial charge in [0.05, 0.1) is 14.2 Å². The Labute approximate surface area is 107 Å². The van der Waals surface area contributed by atoms with Gasteiger partial charge in [-0.3, -0.25) is 0 Å². The van der Waals surface area contributed by atoms with Crippen LogP contribution in [0.15, 0.2) is 17.2 Å². The first-order valence-electron chi connectivity index (χ1n) is 5.96. The summed E-state index contributed by atoms with van der Waals surface area (Å²) in [7, 11) is 3.33. The van der Waals surface area contributed by atoms with Crippen molar-refractivity contribution in [3.05, 3.63) is 17.7 Å². The summed E-state index contributed by atoms with van der Waals surface area (Å²) < 4.78 is 10.8. The van der Waals surface area contributed by atoms with E-state index in [4.69, 9.17) is 9.47 Å². The Morgan fingerprint density at radius 1 is 1.22 bits per heavy atom. The topological polar surface area (TPSA) is 46.1 Å². The Bertz CT molecular complexity index is 458. The van der Waals surface area contributed by atoms with Gasteiger partial charge in [-0.2, -0.15) is 5.10 Å². The first-order valence-corrected chi connectivity index (χ1v) is 5.96. The lowest BCUT2D eigenvalue weighted by Gasteiger charge is -2.21. The van der Waals surface area contributed by atoms with Crippen molar-refractivity contribution < 1.29 is 9.47 Å². The van der Waals surface area contributed by atoms with E-state index in [2.05, 4.69) is 30.3 Å². The highest BCUT2D eigenvalue weighted by Gasteiger charge is 2.19. The van der Waals surface area contributed by atoms with Crippen LogP contribution >= 0.6 is 0 Å². The van der Waals surface area contributed by atoms with E-state index < -0.39 is 0 Å². The molecule has 0 atom stereocenters.